The molecule has 2 aliphatic heterocycles. The fourth-order valence-corrected chi connectivity index (χ4v) is 4.50. The first-order chi connectivity index (χ1) is 17.6. The van der Waals surface area contributed by atoms with Gasteiger partial charge in [0, 0.05) is 65.3 Å². The van der Waals surface area contributed by atoms with Gasteiger partial charge in [-0.1, -0.05) is 0 Å². The molecule has 2 fully saturated rings. The SMILES string of the molecule is Nc1ncnc2c1ncn2[C@H]1CC[C@@H](C(=O)NCCCCC(=O)N2CCNCCNCCNCC2)O1. The smallest absolute Gasteiger partial charge is 0.249 e. The van der Waals surface area contributed by atoms with Crippen molar-refractivity contribution in [3.05, 3.63) is 12.7 Å². The van der Waals surface area contributed by atoms with Gasteiger partial charge in [-0.25, -0.2) is 15.0 Å². The van der Waals surface area contributed by atoms with E-state index in [2.05, 4.69) is 36.2 Å². The van der Waals surface area contributed by atoms with E-state index in [9.17, 15) is 9.59 Å². The van der Waals surface area contributed by atoms with E-state index in [-0.39, 0.29) is 18.0 Å². The van der Waals surface area contributed by atoms with Gasteiger partial charge < -0.3 is 36.6 Å². The van der Waals surface area contributed by atoms with Gasteiger partial charge in [0.25, 0.3) is 0 Å². The summed E-state index contributed by atoms with van der Waals surface area (Å²) < 4.78 is 7.78. The van der Waals surface area contributed by atoms with Crippen molar-refractivity contribution in [3.63, 3.8) is 0 Å². The Balaban J connectivity index is 1.14. The van der Waals surface area contributed by atoms with Gasteiger partial charge in [0.1, 0.15) is 24.2 Å². The van der Waals surface area contributed by atoms with E-state index in [1.165, 1.54) is 6.33 Å². The fraction of sp³-hybridized carbons (Fsp3) is 0.696. The number of nitrogens with one attached hydrogen (secondary N) is 4. The maximum Gasteiger partial charge on any atom is 0.249 e. The average molecular weight is 503 g/mol. The normalized spacial score (nSPS) is 22.2. The lowest BCUT2D eigenvalue weighted by molar-refractivity contribution is -0.133. The van der Waals surface area contributed by atoms with Crippen molar-refractivity contribution in [1.29, 1.82) is 0 Å². The van der Waals surface area contributed by atoms with E-state index < -0.39 is 6.10 Å². The van der Waals surface area contributed by atoms with E-state index in [1.807, 2.05) is 4.90 Å². The highest BCUT2D eigenvalue weighted by atomic mass is 16.5. The first kappa shape index (κ1) is 26.2. The molecule has 2 aromatic rings. The number of fused-ring (bicyclic) bond motifs is 1. The summed E-state index contributed by atoms with van der Waals surface area (Å²) in [5.74, 6) is 0.356. The summed E-state index contributed by atoms with van der Waals surface area (Å²) in [6.07, 6.45) is 5.43. The molecular weight excluding hydrogens is 464 g/mol. The van der Waals surface area contributed by atoms with Gasteiger partial charge in [0.05, 0.1) is 6.33 Å². The van der Waals surface area contributed by atoms with Crippen LogP contribution in [0.3, 0.4) is 0 Å². The number of carbonyl (C=O) groups excluding carboxylic acids is 2. The number of nitrogens with two attached hydrogens (primary N) is 1. The maximum atomic E-state index is 12.7. The Bertz CT molecular complexity index is 988. The van der Waals surface area contributed by atoms with Crippen LogP contribution in [0.25, 0.3) is 11.2 Å². The van der Waals surface area contributed by atoms with E-state index in [0.29, 0.717) is 55.9 Å². The number of anilines is 1. The molecule has 6 N–H and O–H groups in total. The fourth-order valence-electron chi connectivity index (χ4n) is 4.50. The molecule has 13 heteroatoms. The number of unbranched alkanes of at least 4 members (excludes halogenated alkanes) is 1. The summed E-state index contributed by atoms with van der Waals surface area (Å²) in [6.45, 7) is 7.18. The van der Waals surface area contributed by atoms with Gasteiger partial charge in [-0.2, -0.15) is 0 Å². The van der Waals surface area contributed by atoms with Gasteiger partial charge in [-0.05, 0) is 25.7 Å². The predicted molar refractivity (Wildman–Crippen MR) is 135 cm³/mol. The lowest BCUT2D eigenvalue weighted by Crippen LogP contribution is -2.44. The highest BCUT2D eigenvalue weighted by Gasteiger charge is 2.32. The third-order valence-electron chi connectivity index (χ3n) is 6.53. The molecule has 0 radical (unpaired) electrons. The predicted octanol–water partition coefficient (Wildman–Crippen LogP) is -1.02. The zero-order valence-corrected chi connectivity index (χ0v) is 20.7. The Labute approximate surface area is 210 Å². The average Bonchev–Trinajstić information content (AvgIpc) is 3.52. The molecule has 0 spiro atoms. The van der Waals surface area contributed by atoms with Crippen LogP contribution in [0.15, 0.2) is 12.7 Å². The van der Waals surface area contributed by atoms with Gasteiger partial charge in [-0.15, -0.1) is 0 Å². The van der Waals surface area contributed by atoms with E-state index in [0.717, 1.165) is 52.1 Å². The van der Waals surface area contributed by atoms with Crippen molar-refractivity contribution in [3.8, 4) is 0 Å². The van der Waals surface area contributed by atoms with Crippen molar-refractivity contribution in [1.82, 2.24) is 45.7 Å². The first-order valence-electron chi connectivity index (χ1n) is 12.9. The van der Waals surface area contributed by atoms with Crippen LogP contribution in [0.1, 0.15) is 38.3 Å². The molecule has 13 nitrogen and oxygen atoms in total. The zero-order valence-electron chi connectivity index (χ0n) is 20.7. The summed E-state index contributed by atoms with van der Waals surface area (Å²) in [7, 11) is 0. The molecule has 4 heterocycles. The number of nitrogens with zero attached hydrogens (tertiary/aromatic N) is 5. The summed E-state index contributed by atoms with van der Waals surface area (Å²) >= 11 is 0. The van der Waals surface area contributed by atoms with Crippen LogP contribution in [0.2, 0.25) is 0 Å². The number of hydrogen-bond acceptors (Lipinski definition) is 10. The molecule has 2 aliphatic rings. The lowest BCUT2D eigenvalue weighted by Gasteiger charge is -2.24. The number of imidazole rings is 1. The number of ether oxygens (including phenoxy) is 1. The Kier molecular flexibility index (Phi) is 9.78. The van der Waals surface area contributed by atoms with Crippen LogP contribution in [-0.4, -0.2) is 101 Å². The first-order valence-corrected chi connectivity index (χ1v) is 12.9. The molecule has 0 aromatic carbocycles. The third kappa shape index (κ3) is 7.09. The molecular formula is C23H38N10O3. The monoisotopic (exact) mass is 502 g/mol. The van der Waals surface area contributed by atoms with E-state index >= 15 is 0 Å². The molecule has 2 amide bonds. The van der Waals surface area contributed by atoms with Crippen LogP contribution in [0.4, 0.5) is 5.82 Å². The topological polar surface area (TPSA) is 164 Å². The number of carbonyl (C=O) groups is 2. The van der Waals surface area contributed by atoms with Crippen LogP contribution < -0.4 is 27.0 Å². The molecule has 2 aromatic heterocycles. The zero-order chi connectivity index (χ0) is 25.2. The second-order valence-electron chi connectivity index (χ2n) is 9.12. The second-order valence-corrected chi connectivity index (χ2v) is 9.12. The number of nitrogen functional groups attached to an aromatic ring is 1. The number of hydrogen-bond donors (Lipinski definition) is 5. The summed E-state index contributed by atoms with van der Waals surface area (Å²) in [5, 5.41) is 13.1. The Morgan fingerprint density at radius 3 is 2.47 bits per heavy atom. The van der Waals surface area contributed by atoms with Crippen LogP contribution in [0, 0.1) is 0 Å². The molecule has 0 unspecified atom stereocenters. The summed E-state index contributed by atoms with van der Waals surface area (Å²) in [5.41, 5.74) is 6.98. The summed E-state index contributed by atoms with van der Waals surface area (Å²) in [4.78, 5) is 39.7. The Hall–Kier alpha value is -2.87. The molecule has 0 bridgehead atoms. The molecule has 36 heavy (non-hydrogen) atoms. The van der Waals surface area contributed by atoms with Gasteiger partial charge in [0.2, 0.25) is 11.8 Å². The van der Waals surface area contributed by atoms with E-state index in [1.54, 1.807) is 10.9 Å². The van der Waals surface area contributed by atoms with Crippen molar-refractivity contribution in [2.75, 3.05) is 64.6 Å². The minimum atomic E-state index is -0.522. The molecule has 2 saturated heterocycles. The van der Waals surface area contributed by atoms with Crippen molar-refractivity contribution in [2.24, 2.45) is 0 Å². The second kappa shape index (κ2) is 13.4. The quantitative estimate of drug-likeness (QED) is 0.296. The number of aromatic nitrogens is 4. The molecule has 0 saturated carbocycles. The largest absolute Gasteiger partial charge is 0.382 e. The molecule has 0 aliphatic carbocycles. The van der Waals surface area contributed by atoms with Crippen LogP contribution >= 0.6 is 0 Å². The Morgan fingerprint density at radius 1 is 1.00 bits per heavy atom. The summed E-state index contributed by atoms with van der Waals surface area (Å²) in [6, 6.07) is 0. The lowest BCUT2D eigenvalue weighted by atomic mass is 10.2. The maximum absolute atomic E-state index is 12.7. The molecule has 198 valence electrons. The number of amides is 2. The van der Waals surface area contributed by atoms with Gasteiger partial charge in [-0.3, -0.25) is 14.2 Å². The highest BCUT2D eigenvalue weighted by Crippen LogP contribution is 2.31. The molecule has 4 rings (SSSR count). The van der Waals surface area contributed by atoms with Crippen molar-refractivity contribution in [2.45, 2.75) is 44.4 Å². The van der Waals surface area contributed by atoms with Crippen molar-refractivity contribution < 1.29 is 14.3 Å². The minimum Gasteiger partial charge on any atom is -0.382 e. The van der Waals surface area contributed by atoms with E-state index in [4.69, 9.17) is 10.5 Å². The highest BCUT2D eigenvalue weighted by molar-refractivity contribution is 5.82. The number of rotatable bonds is 7. The van der Waals surface area contributed by atoms with Crippen LogP contribution in [-0.2, 0) is 14.3 Å². The minimum absolute atomic E-state index is 0.128. The molecule has 2 atom stereocenters. The standard InChI is InChI=1S/C23H38N10O3/c24-21-20-22(30-15-29-21)33(16-31-20)19-5-4-17(36-19)23(35)28-6-2-1-3-18(34)32-13-11-26-9-7-25-8-10-27-12-14-32/h15-17,19,25-27H,1-14H2,(H,28,35)(H2,24,29,30)/t17-,19+/m0/s1. The third-order valence-corrected chi connectivity index (χ3v) is 6.53. The van der Waals surface area contributed by atoms with Gasteiger partial charge in [0.15, 0.2) is 11.5 Å². The van der Waals surface area contributed by atoms with Crippen LogP contribution in [0.5, 0.6) is 0 Å². The Morgan fingerprint density at radius 2 is 1.72 bits per heavy atom. The van der Waals surface area contributed by atoms with Crippen molar-refractivity contribution >= 4 is 28.8 Å². The van der Waals surface area contributed by atoms with Gasteiger partial charge >= 0.3 is 0 Å².